The van der Waals surface area contributed by atoms with Gasteiger partial charge in [-0.05, 0) is 37.1 Å². The van der Waals surface area contributed by atoms with Crippen molar-refractivity contribution >= 4 is 11.9 Å². The summed E-state index contributed by atoms with van der Waals surface area (Å²) in [5.74, 6) is -1.41. The lowest BCUT2D eigenvalue weighted by Gasteiger charge is -2.18. The van der Waals surface area contributed by atoms with E-state index in [2.05, 4.69) is 5.32 Å². The molecule has 0 saturated carbocycles. The van der Waals surface area contributed by atoms with Gasteiger partial charge in [0.15, 0.2) is 0 Å². The van der Waals surface area contributed by atoms with Crippen LogP contribution in [-0.2, 0) is 11.2 Å². The SMILES string of the molecule is COc1cccc(F)c1C(C)NC(=O)CCc1ccccc1C(=O)O. The van der Waals surface area contributed by atoms with Crippen LogP contribution in [0.25, 0.3) is 0 Å². The fourth-order valence-electron chi connectivity index (χ4n) is 2.70. The number of carboxylic acids is 1. The summed E-state index contributed by atoms with van der Waals surface area (Å²) in [5.41, 5.74) is 1.05. The molecule has 0 aliphatic heterocycles. The Balaban J connectivity index is 2.03. The zero-order valence-corrected chi connectivity index (χ0v) is 14.1. The van der Waals surface area contributed by atoms with E-state index in [-0.39, 0.29) is 29.9 Å². The minimum absolute atomic E-state index is 0.103. The largest absolute Gasteiger partial charge is 0.496 e. The van der Waals surface area contributed by atoms with Crippen LogP contribution in [0.4, 0.5) is 4.39 Å². The molecule has 0 aromatic heterocycles. The molecule has 0 radical (unpaired) electrons. The quantitative estimate of drug-likeness (QED) is 0.807. The lowest BCUT2D eigenvalue weighted by molar-refractivity contribution is -0.121. The highest BCUT2D eigenvalue weighted by molar-refractivity contribution is 5.89. The number of aryl methyl sites for hydroxylation is 1. The molecule has 1 unspecified atom stereocenters. The number of methoxy groups -OCH3 is 1. The minimum Gasteiger partial charge on any atom is -0.496 e. The van der Waals surface area contributed by atoms with Crippen molar-refractivity contribution in [2.45, 2.75) is 25.8 Å². The number of hydrogen-bond acceptors (Lipinski definition) is 3. The second-order valence-corrected chi connectivity index (χ2v) is 5.61. The summed E-state index contributed by atoms with van der Waals surface area (Å²) in [6.07, 6.45) is 0.390. The van der Waals surface area contributed by atoms with Gasteiger partial charge >= 0.3 is 5.97 Å². The van der Waals surface area contributed by atoms with Crippen molar-refractivity contribution in [2.75, 3.05) is 7.11 Å². The summed E-state index contributed by atoms with van der Waals surface area (Å²) >= 11 is 0. The van der Waals surface area contributed by atoms with E-state index in [1.807, 2.05) is 0 Å². The molecule has 2 aromatic rings. The number of carbonyl (C=O) groups excluding carboxylic acids is 1. The van der Waals surface area contributed by atoms with Crippen LogP contribution < -0.4 is 10.1 Å². The molecule has 0 heterocycles. The highest BCUT2D eigenvalue weighted by atomic mass is 19.1. The molecule has 0 aliphatic rings. The molecule has 2 aromatic carbocycles. The van der Waals surface area contributed by atoms with E-state index >= 15 is 0 Å². The topological polar surface area (TPSA) is 75.6 Å². The van der Waals surface area contributed by atoms with Crippen molar-refractivity contribution in [2.24, 2.45) is 0 Å². The standard InChI is InChI=1S/C19H20FNO4/c1-12(18-15(20)8-5-9-16(18)25-2)21-17(22)11-10-13-6-3-4-7-14(13)19(23)24/h3-9,12H,10-11H2,1-2H3,(H,21,22)(H,23,24). The van der Waals surface area contributed by atoms with Crippen LogP contribution in [0.3, 0.4) is 0 Å². The summed E-state index contributed by atoms with van der Waals surface area (Å²) in [6.45, 7) is 1.67. The number of aromatic carboxylic acids is 1. The number of rotatable bonds is 7. The smallest absolute Gasteiger partial charge is 0.335 e. The monoisotopic (exact) mass is 345 g/mol. The first kappa shape index (κ1) is 18.4. The number of carboxylic acid groups (broad SMARTS) is 1. The summed E-state index contributed by atoms with van der Waals surface area (Å²) < 4.78 is 19.2. The number of halogens is 1. The van der Waals surface area contributed by atoms with Gasteiger partial charge in [0.05, 0.1) is 24.3 Å². The first-order valence-electron chi connectivity index (χ1n) is 7.87. The molecular formula is C19H20FNO4. The van der Waals surface area contributed by atoms with Crippen LogP contribution in [0.2, 0.25) is 0 Å². The molecule has 2 N–H and O–H groups in total. The van der Waals surface area contributed by atoms with E-state index in [1.165, 1.54) is 25.3 Å². The number of ether oxygens (including phenoxy) is 1. The Kier molecular flexibility index (Phi) is 6.11. The van der Waals surface area contributed by atoms with Crippen molar-refractivity contribution in [1.29, 1.82) is 0 Å². The van der Waals surface area contributed by atoms with Gasteiger partial charge in [-0.15, -0.1) is 0 Å². The van der Waals surface area contributed by atoms with Crippen molar-refractivity contribution in [1.82, 2.24) is 5.32 Å². The van der Waals surface area contributed by atoms with E-state index in [0.717, 1.165) is 0 Å². The van der Waals surface area contributed by atoms with Gasteiger partial charge < -0.3 is 15.2 Å². The lowest BCUT2D eigenvalue weighted by Crippen LogP contribution is -2.28. The van der Waals surface area contributed by atoms with Crippen molar-refractivity contribution in [3.8, 4) is 5.75 Å². The molecule has 1 amide bonds. The molecule has 0 fully saturated rings. The number of amides is 1. The van der Waals surface area contributed by atoms with Crippen LogP contribution in [0.5, 0.6) is 5.75 Å². The number of carbonyl (C=O) groups is 2. The van der Waals surface area contributed by atoms with E-state index in [9.17, 15) is 14.0 Å². The van der Waals surface area contributed by atoms with Gasteiger partial charge in [-0.1, -0.05) is 24.3 Å². The Morgan fingerprint density at radius 3 is 2.60 bits per heavy atom. The van der Waals surface area contributed by atoms with Crippen LogP contribution in [0, 0.1) is 5.82 Å². The molecule has 0 bridgehead atoms. The van der Waals surface area contributed by atoms with Gasteiger partial charge in [-0.25, -0.2) is 9.18 Å². The summed E-state index contributed by atoms with van der Waals surface area (Å²) in [4.78, 5) is 23.4. The fraction of sp³-hybridized carbons (Fsp3) is 0.263. The van der Waals surface area contributed by atoms with Crippen LogP contribution in [0.1, 0.15) is 40.9 Å². The normalized spacial score (nSPS) is 11.6. The van der Waals surface area contributed by atoms with Crippen molar-refractivity contribution in [3.05, 3.63) is 65.0 Å². The molecule has 25 heavy (non-hydrogen) atoms. The Morgan fingerprint density at radius 2 is 1.92 bits per heavy atom. The molecule has 2 rings (SSSR count). The van der Waals surface area contributed by atoms with Gasteiger partial charge in [0, 0.05) is 6.42 Å². The van der Waals surface area contributed by atoms with Gasteiger partial charge in [0.1, 0.15) is 11.6 Å². The zero-order valence-electron chi connectivity index (χ0n) is 14.1. The summed E-state index contributed by atoms with van der Waals surface area (Å²) in [5, 5.41) is 11.9. The maximum absolute atomic E-state index is 14.0. The molecule has 5 nitrogen and oxygen atoms in total. The third-order valence-corrected chi connectivity index (χ3v) is 3.91. The van der Waals surface area contributed by atoms with E-state index in [4.69, 9.17) is 9.84 Å². The average Bonchev–Trinajstić information content (AvgIpc) is 2.59. The molecular weight excluding hydrogens is 325 g/mol. The van der Waals surface area contributed by atoms with E-state index < -0.39 is 17.8 Å². The first-order valence-corrected chi connectivity index (χ1v) is 7.87. The van der Waals surface area contributed by atoms with Crippen LogP contribution >= 0.6 is 0 Å². The van der Waals surface area contributed by atoms with Gasteiger partial charge in [0.25, 0.3) is 0 Å². The van der Waals surface area contributed by atoms with E-state index in [1.54, 1.807) is 31.2 Å². The predicted molar refractivity (Wildman–Crippen MR) is 91.2 cm³/mol. The van der Waals surface area contributed by atoms with Gasteiger partial charge in [-0.2, -0.15) is 0 Å². The van der Waals surface area contributed by atoms with Gasteiger partial charge in [-0.3, -0.25) is 4.79 Å². The zero-order chi connectivity index (χ0) is 18.4. The number of nitrogens with one attached hydrogen (secondary N) is 1. The Labute approximate surface area is 145 Å². The predicted octanol–water partition coefficient (Wildman–Crippen LogP) is 3.34. The molecule has 0 spiro atoms. The lowest BCUT2D eigenvalue weighted by atomic mass is 10.0. The third kappa shape index (κ3) is 4.56. The third-order valence-electron chi connectivity index (χ3n) is 3.91. The van der Waals surface area contributed by atoms with Crippen molar-refractivity contribution < 1.29 is 23.8 Å². The fourth-order valence-corrected chi connectivity index (χ4v) is 2.70. The molecule has 6 heteroatoms. The summed E-state index contributed by atoms with van der Waals surface area (Å²) in [6, 6.07) is 10.5. The Bertz CT molecular complexity index is 776. The molecule has 0 aliphatic carbocycles. The van der Waals surface area contributed by atoms with Crippen LogP contribution in [-0.4, -0.2) is 24.1 Å². The van der Waals surface area contributed by atoms with Crippen LogP contribution in [0.15, 0.2) is 42.5 Å². The van der Waals surface area contributed by atoms with Gasteiger partial charge in [0.2, 0.25) is 5.91 Å². The summed E-state index contributed by atoms with van der Waals surface area (Å²) in [7, 11) is 1.44. The highest BCUT2D eigenvalue weighted by Crippen LogP contribution is 2.27. The molecule has 132 valence electrons. The second-order valence-electron chi connectivity index (χ2n) is 5.61. The average molecular weight is 345 g/mol. The number of benzene rings is 2. The highest BCUT2D eigenvalue weighted by Gasteiger charge is 2.18. The Morgan fingerprint density at radius 1 is 1.20 bits per heavy atom. The minimum atomic E-state index is -1.03. The number of hydrogen-bond donors (Lipinski definition) is 2. The maximum atomic E-state index is 14.0. The van der Waals surface area contributed by atoms with E-state index in [0.29, 0.717) is 11.3 Å². The second kappa shape index (κ2) is 8.28. The molecule has 1 atom stereocenters. The maximum Gasteiger partial charge on any atom is 0.335 e. The van der Waals surface area contributed by atoms with Crippen molar-refractivity contribution in [3.63, 3.8) is 0 Å². The first-order chi connectivity index (χ1) is 11.9. The Hall–Kier alpha value is -2.89. The molecule has 0 saturated heterocycles.